The molecule has 2 saturated carbocycles. The van der Waals surface area contributed by atoms with Gasteiger partial charge >= 0.3 is 0 Å². The molecule has 0 spiro atoms. The molecule has 1 N–H and O–H groups in total. The molecule has 0 saturated heterocycles. The first-order valence-electron chi connectivity index (χ1n) is 9.82. The van der Waals surface area contributed by atoms with Crippen LogP contribution in [-0.4, -0.2) is 37.9 Å². The quantitative estimate of drug-likeness (QED) is 0.725. The second-order valence-electron chi connectivity index (χ2n) is 7.42. The smallest absolute Gasteiger partial charge is 0.254 e. The minimum Gasteiger partial charge on any atom is -0.333 e. The minimum absolute atomic E-state index is 0.0233. The van der Waals surface area contributed by atoms with Gasteiger partial charge in [0, 0.05) is 30.6 Å². The van der Waals surface area contributed by atoms with E-state index in [1.54, 1.807) is 12.1 Å². The van der Waals surface area contributed by atoms with Crippen LogP contribution in [0.15, 0.2) is 29.2 Å². The number of rotatable bonds is 7. The van der Waals surface area contributed by atoms with Crippen LogP contribution in [0.5, 0.6) is 0 Å². The Morgan fingerprint density at radius 3 is 2.04 bits per heavy atom. The van der Waals surface area contributed by atoms with E-state index >= 15 is 0 Å². The summed E-state index contributed by atoms with van der Waals surface area (Å²) in [7, 11) is -3.65. The molecule has 0 atom stereocenters. The first kappa shape index (κ1) is 19.8. The van der Waals surface area contributed by atoms with Gasteiger partial charge in [-0.05, 0) is 49.9 Å². The Bertz CT molecular complexity index is 771. The second kappa shape index (κ2) is 8.85. The van der Waals surface area contributed by atoms with E-state index in [4.69, 9.17) is 5.26 Å². The molecule has 2 aliphatic rings. The van der Waals surface area contributed by atoms with Gasteiger partial charge in [0.05, 0.1) is 11.0 Å². The fourth-order valence-electron chi connectivity index (χ4n) is 4.25. The first-order valence-corrected chi connectivity index (χ1v) is 11.3. The highest BCUT2D eigenvalue weighted by Gasteiger charge is 2.34. The van der Waals surface area contributed by atoms with E-state index < -0.39 is 10.0 Å². The van der Waals surface area contributed by atoms with E-state index in [0.29, 0.717) is 17.6 Å². The fourth-order valence-corrected chi connectivity index (χ4v) is 5.28. The standard InChI is InChI=1S/C20H27N3O3S/c21-14-5-15-22-27(25,26)19-12-10-16(11-13-19)20(24)23(17-6-1-2-7-17)18-8-3-4-9-18/h10-13,17-18,22H,1-9,15H2. The molecule has 6 nitrogen and oxygen atoms in total. The average molecular weight is 390 g/mol. The topological polar surface area (TPSA) is 90.3 Å². The number of hydrogen-bond donors (Lipinski definition) is 1. The van der Waals surface area contributed by atoms with Crippen LogP contribution in [0.1, 0.15) is 68.1 Å². The van der Waals surface area contributed by atoms with Crippen LogP contribution in [-0.2, 0) is 10.0 Å². The summed E-state index contributed by atoms with van der Waals surface area (Å²) in [4.78, 5) is 15.4. The zero-order valence-electron chi connectivity index (χ0n) is 15.6. The molecule has 0 radical (unpaired) electrons. The third kappa shape index (κ3) is 4.69. The number of amides is 1. The molecule has 2 fully saturated rings. The summed E-state index contributed by atoms with van der Waals surface area (Å²) in [6, 6.07) is 8.71. The molecule has 3 rings (SSSR count). The molecule has 1 amide bonds. The predicted octanol–water partition coefficient (Wildman–Crippen LogP) is 3.21. The SMILES string of the molecule is N#CCCNS(=O)(=O)c1ccc(C(=O)N(C2CCCC2)C2CCCC2)cc1. The van der Waals surface area contributed by atoms with Crippen LogP contribution in [0.3, 0.4) is 0 Å². The highest BCUT2D eigenvalue weighted by atomic mass is 32.2. The van der Waals surface area contributed by atoms with Gasteiger partial charge < -0.3 is 4.90 Å². The Morgan fingerprint density at radius 1 is 1.04 bits per heavy atom. The van der Waals surface area contributed by atoms with E-state index in [1.165, 1.54) is 37.8 Å². The maximum Gasteiger partial charge on any atom is 0.254 e. The molecule has 0 unspecified atom stereocenters. The lowest BCUT2D eigenvalue weighted by molar-refractivity contribution is 0.0580. The zero-order chi connectivity index (χ0) is 19.3. The van der Waals surface area contributed by atoms with Gasteiger partial charge in [-0.25, -0.2) is 13.1 Å². The molecular formula is C20H27N3O3S. The number of hydrogen-bond acceptors (Lipinski definition) is 4. The Balaban J connectivity index is 1.76. The third-order valence-electron chi connectivity index (χ3n) is 5.61. The van der Waals surface area contributed by atoms with Crippen LogP contribution in [0, 0.1) is 11.3 Å². The summed E-state index contributed by atoms with van der Waals surface area (Å²) >= 11 is 0. The number of benzene rings is 1. The Hall–Kier alpha value is -1.91. The van der Waals surface area contributed by atoms with Gasteiger partial charge in [0.2, 0.25) is 10.0 Å². The average Bonchev–Trinajstić information content (AvgIpc) is 3.37. The molecule has 7 heteroatoms. The Labute approximate surface area is 161 Å². The van der Waals surface area contributed by atoms with Crippen molar-refractivity contribution in [2.75, 3.05) is 6.54 Å². The lowest BCUT2D eigenvalue weighted by Crippen LogP contribution is -2.45. The molecule has 27 heavy (non-hydrogen) atoms. The van der Waals surface area contributed by atoms with Gasteiger partial charge in [0.1, 0.15) is 0 Å². The third-order valence-corrected chi connectivity index (χ3v) is 7.09. The van der Waals surface area contributed by atoms with Crippen molar-refractivity contribution in [3.05, 3.63) is 29.8 Å². The highest BCUT2D eigenvalue weighted by molar-refractivity contribution is 7.89. The van der Waals surface area contributed by atoms with Crippen LogP contribution in [0.25, 0.3) is 0 Å². The van der Waals surface area contributed by atoms with E-state index in [2.05, 4.69) is 9.62 Å². The molecule has 1 aromatic carbocycles. The van der Waals surface area contributed by atoms with E-state index in [9.17, 15) is 13.2 Å². The van der Waals surface area contributed by atoms with Crippen molar-refractivity contribution in [3.8, 4) is 6.07 Å². The van der Waals surface area contributed by atoms with Gasteiger partial charge in [-0.1, -0.05) is 25.7 Å². The molecule has 1 aromatic rings. The summed E-state index contributed by atoms with van der Waals surface area (Å²) in [6.45, 7) is 0.0800. The van der Waals surface area contributed by atoms with Crippen LogP contribution in [0.4, 0.5) is 0 Å². The normalized spacial score (nSPS) is 18.5. The van der Waals surface area contributed by atoms with Crippen molar-refractivity contribution in [3.63, 3.8) is 0 Å². The zero-order valence-corrected chi connectivity index (χ0v) is 16.4. The van der Waals surface area contributed by atoms with Crippen molar-refractivity contribution in [1.29, 1.82) is 5.26 Å². The Morgan fingerprint density at radius 2 is 1.56 bits per heavy atom. The van der Waals surface area contributed by atoms with Gasteiger partial charge in [0.25, 0.3) is 5.91 Å². The summed E-state index contributed by atoms with van der Waals surface area (Å²) < 4.78 is 26.8. The molecule has 0 heterocycles. The molecule has 2 aliphatic carbocycles. The van der Waals surface area contributed by atoms with Gasteiger partial charge in [-0.2, -0.15) is 5.26 Å². The van der Waals surface area contributed by atoms with Crippen molar-refractivity contribution >= 4 is 15.9 Å². The number of nitrogens with zero attached hydrogens (tertiary/aromatic N) is 2. The van der Waals surface area contributed by atoms with Crippen LogP contribution in [0.2, 0.25) is 0 Å². The monoisotopic (exact) mass is 389 g/mol. The summed E-state index contributed by atoms with van der Waals surface area (Å²) in [5.41, 5.74) is 0.546. The molecule has 0 aromatic heterocycles. The summed E-state index contributed by atoms with van der Waals surface area (Å²) in [5, 5.41) is 8.54. The minimum atomic E-state index is -3.65. The molecule has 146 valence electrons. The van der Waals surface area contributed by atoms with Crippen molar-refractivity contribution < 1.29 is 13.2 Å². The van der Waals surface area contributed by atoms with Gasteiger partial charge in [-0.3, -0.25) is 4.79 Å². The van der Waals surface area contributed by atoms with Gasteiger partial charge in [0.15, 0.2) is 0 Å². The van der Waals surface area contributed by atoms with Crippen molar-refractivity contribution in [1.82, 2.24) is 9.62 Å². The lowest BCUT2D eigenvalue weighted by atomic mass is 10.1. The first-order chi connectivity index (χ1) is 13.0. The maximum absolute atomic E-state index is 13.2. The summed E-state index contributed by atoms with van der Waals surface area (Å²) in [6.07, 6.45) is 9.08. The van der Waals surface area contributed by atoms with Gasteiger partial charge in [-0.15, -0.1) is 0 Å². The molecule has 0 bridgehead atoms. The number of nitriles is 1. The van der Waals surface area contributed by atoms with Crippen molar-refractivity contribution in [2.24, 2.45) is 0 Å². The van der Waals surface area contributed by atoms with E-state index in [-0.39, 0.29) is 23.8 Å². The number of carbonyl (C=O) groups excluding carboxylic acids is 1. The number of sulfonamides is 1. The largest absolute Gasteiger partial charge is 0.333 e. The van der Waals surface area contributed by atoms with E-state index in [1.807, 2.05) is 6.07 Å². The summed E-state index contributed by atoms with van der Waals surface area (Å²) in [5.74, 6) is 0.0233. The number of carbonyl (C=O) groups is 1. The lowest BCUT2D eigenvalue weighted by Gasteiger charge is -2.34. The van der Waals surface area contributed by atoms with Crippen LogP contribution < -0.4 is 4.72 Å². The van der Waals surface area contributed by atoms with E-state index in [0.717, 1.165) is 25.7 Å². The molecule has 0 aliphatic heterocycles. The van der Waals surface area contributed by atoms with Crippen LogP contribution >= 0.6 is 0 Å². The fraction of sp³-hybridized carbons (Fsp3) is 0.600. The number of nitrogens with one attached hydrogen (secondary N) is 1. The predicted molar refractivity (Wildman–Crippen MR) is 103 cm³/mol. The highest BCUT2D eigenvalue weighted by Crippen LogP contribution is 2.32. The molecular weight excluding hydrogens is 362 g/mol. The Kier molecular flexibility index (Phi) is 6.51. The second-order valence-corrected chi connectivity index (χ2v) is 9.19. The van der Waals surface area contributed by atoms with Crippen molar-refractivity contribution in [2.45, 2.75) is 74.8 Å². The maximum atomic E-state index is 13.2.